The average molecular weight is 373 g/mol. The fourth-order valence-electron chi connectivity index (χ4n) is 1.98. The molecular formula is C14H8Cl3N3OS. The first-order valence-corrected chi connectivity index (χ1v) is 8.09. The van der Waals surface area contributed by atoms with Crippen molar-refractivity contribution < 1.29 is 4.79 Å². The van der Waals surface area contributed by atoms with Crippen molar-refractivity contribution >= 4 is 68.0 Å². The van der Waals surface area contributed by atoms with Crippen LogP contribution in [0.2, 0.25) is 15.2 Å². The van der Waals surface area contributed by atoms with E-state index in [1.807, 2.05) is 0 Å². The summed E-state index contributed by atoms with van der Waals surface area (Å²) in [7, 11) is 0. The van der Waals surface area contributed by atoms with Gasteiger partial charge < -0.3 is 5.32 Å². The third kappa shape index (κ3) is 2.90. The van der Waals surface area contributed by atoms with Crippen molar-refractivity contribution in [3.63, 3.8) is 0 Å². The van der Waals surface area contributed by atoms with Crippen LogP contribution in [0.3, 0.4) is 0 Å². The molecule has 0 radical (unpaired) electrons. The molecular weight excluding hydrogens is 365 g/mol. The molecule has 1 N–H and O–H groups in total. The topological polar surface area (TPSA) is 54.9 Å². The van der Waals surface area contributed by atoms with Crippen molar-refractivity contribution in [1.29, 1.82) is 0 Å². The molecule has 112 valence electrons. The fourth-order valence-corrected chi connectivity index (χ4v) is 4.05. The Kier molecular flexibility index (Phi) is 4.23. The molecule has 2 heterocycles. The zero-order valence-electron chi connectivity index (χ0n) is 11.2. The molecule has 0 bridgehead atoms. The quantitative estimate of drug-likeness (QED) is 0.623. The van der Waals surface area contributed by atoms with E-state index in [9.17, 15) is 4.79 Å². The minimum absolute atomic E-state index is 0.197. The summed E-state index contributed by atoms with van der Waals surface area (Å²) in [6.07, 6.45) is 1.59. The van der Waals surface area contributed by atoms with Gasteiger partial charge in [-0.3, -0.25) is 4.79 Å². The van der Waals surface area contributed by atoms with E-state index in [1.165, 1.54) is 18.3 Å². The van der Waals surface area contributed by atoms with Gasteiger partial charge in [-0.25, -0.2) is 9.97 Å². The molecule has 0 atom stereocenters. The van der Waals surface area contributed by atoms with Crippen molar-refractivity contribution in [2.75, 3.05) is 5.32 Å². The number of pyridine rings is 1. The lowest BCUT2D eigenvalue weighted by molar-refractivity contribution is -0.114. The Morgan fingerprint density at radius 1 is 1.23 bits per heavy atom. The van der Waals surface area contributed by atoms with E-state index < -0.39 is 0 Å². The molecule has 0 aliphatic heterocycles. The van der Waals surface area contributed by atoms with Gasteiger partial charge in [0, 0.05) is 24.4 Å². The van der Waals surface area contributed by atoms with Crippen LogP contribution in [0.25, 0.3) is 20.8 Å². The van der Waals surface area contributed by atoms with E-state index in [0.29, 0.717) is 31.5 Å². The number of hydrogen-bond donors (Lipinski definition) is 1. The first-order chi connectivity index (χ1) is 10.5. The fraction of sp³-hybridized carbons (Fsp3) is 0.0714. The van der Waals surface area contributed by atoms with Gasteiger partial charge in [-0.05, 0) is 18.2 Å². The molecule has 4 nitrogen and oxygen atoms in total. The van der Waals surface area contributed by atoms with Crippen molar-refractivity contribution in [3.8, 4) is 10.6 Å². The SMILES string of the molecule is CC(=O)Nc1cc(Cl)c(-c2nc3ccnc(Cl)c3s2)c(Cl)c1. The zero-order chi connectivity index (χ0) is 15.9. The van der Waals surface area contributed by atoms with Crippen LogP contribution in [0.4, 0.5) is 5.69 Å². The third-order valence-electron chi connectivity index (χ3n) is 2.84. The highest BCUT2D eigenvalue weighted by atomic mass is 35.5. The predicted octanol–water partition coefficient (Wildman–Crippen LogP) is 5.28. The van der Waals surface area contributed by atoms with Crippen molar-refractivity contribution in [2.24, 2.45) is 0 Å². The average Bonchev–Trinajstić information content (AvgIpc) is 2.82. The van der Waals surface area contributed by atoms with Crippen LogP contribution in [0.5, 0.6) is 0 Å². The molecule has 3 rings (SSSR count). The van der Waals surface area contributed by atoms with Crippen LogP contribution in [0.1, 0.15) is 6.92 Å². The van der Waals surface area contributed by atoms with E-state index in [2.05, 4.69) is 15.3 Å². The van der Waals surface area contributed by atoms with E-state index in [1.54, 1.807) is 24.4 Å². The lowest BCUT2D eigenvalue weighted by atomic mass is 10.2. The molecule has 8 heteroatoms. The Hall–Kier alpha value is -1.40. The Balaban J connectivity index is 2.14. The lowest BCUT2D eigenvalue weighted by Gasteiger charge is -2.08. The molecule has 0 aliphatic rings. The summed E-state index contributed by atoms with van der Waals surface area (Å²) < 4.78 is 0.775. The molecule has 0 fully saturated rings. The number of anilines is 1. The molecule has 0 saturated carbocycles. The van der Waals surface area contributed by atoms with Crippen LogP contribution in [-0.2, 0) is 4.79 Å². The summed E-state index contributed by atoms with van der Waals surface area (Å²) in [5, 5.41) is 4.49. The second-order valence-electron chi connectivity index (χ2n) is 4.47. The van der Waals surface area contributed by atoms with Crippen LogP contribution in [-0.4, -0.2) is 15.9 Å². The van der Waals surface area contributed by atoms with Crippen LogP contribution in [0, 0.1) is 0 Å². The van der Waals surface area contributed by atoms with Gasteiger partial charge in [0.05, 0.1) is 20.3 Å². The molecule has 0 unspecified atom stereocenters. The second-order valence-corrected chi connectivity index (χ2v) is 6.64. The van der Waals surface area contributed by atoms with Gasteiger partial charge in [-0.1, -0.05) is 34.8 Å². The van der Waals surface area contributed by atoms with E-state index in [-0.39, 0.29) is 5.91 Å². The van der Waals surface area contributed by atoms with Crippen molar-refractivity contribution in [2.45, 2.75) is 6.92 Å². The highest BCUT2D eigenvalue weighted by molar-refractivity contribution is 7.22. The minimum atomic E-state index is -0.197. The van der Waals surface area contributed by atoms with E-state index in [4.69, 9.17) is 34.8 Å². The molecule has 1 aromatic carbocycles. The van der Waals surface area contributed by atoms with Gasteiger partial charge in [0.2, 0.25) is 5.91 Å². The summed E-state index contributed by atoms with van der Waals surface area (Å²) in [5.41, 5.74) is 1.87. The number of carbonyl (C=O) groups excluding carboxylic acids is 1. The van der Waals surface area contributed by atoms with Crippen molar-refractivity contribution in [1.82, 2.24) is 9.97 Å². The number of carbonyl (C=O) groups is 1. The number of fused-ring (bicyclic) bond motifs is 1. The number of halogens is 3. The van der Waals surface area contributed by atoms with Crippen LogP contribution in [0.15, 0.2) is 24.4 Å². The Bertz CT molecular complexity index is 871. The molecule has 1 amide bonds. The van der Waals surface area contributed by atoms with Crippen molar-refractivity contribution in [3.05, 3.63) is 39.6 Å². The maximum Gasteiger partial charge on any atom is 0.221 e. The smallest absolute Gasteiger partial charge is 0.221 e. The summed E-state index contributed by atoms with van der Waals surface area (Å²) in [5.74, 6) is -0.197. The maximum absolute atomic E-state index is 11.1. The molecule has 0 saturated heterocycles. The standard InChI is InChI=1S/C14H8Cl3N3OS/c1-6(21)19-7-4-8(15)11(9(16)5-7)14-20-10-2-3-18-13(17)12(10)22-14/h2-5H,1H3,(H,19,21). The second kappa shape index (κ2) is 6.01. The minimum Gasteiger partial charge on any atom is -0.326 e. The van der Waals surface area contributed by atoms with Gasteiger partial charge in [0.15, 0.2) is 0 Å². The Labute approximate surface area is 145 Å². The summed E-state index contributed by atoms with van der Waals surface area (Å²) in [6.45, 7) is 1.41. The first kappa shape index (κ1) is 15.5. The highest BCUT2D eigenvalue weighted by Gasteiger charge is 2.16. The van der Waals surface area contributed by atoms with E-state index >= 15 is 0 Å². The van der Waals surface area contributed by atoms with Crippen LogP contribution < -0.4 is 5.32 Å². The highest BCUT2D eigenvalue weighted by Crippen LogP contribution is 2.41. The van der Waals surface area contributed by atoms with Crippen LogP contribution >= 0.6 is 46.1 Å². The van der Waals surface area contributed by atoms with E-state index in [0.717, 1.165) is 10.2 Å². The van der Waals surface area contributed by atoms with Gasteiger partial charge in [-0.15, -0.1) is 11.3 Å². The van der Waals surface area contributed by atoms with Gasteiger partial charge in [0.25, 0.3) is 0 Å². The van der Waals surface area contributed by atoms with Gasteiger partial charge in [-0.2, -0.15) is 0 Å². The Morgan fingerprint density at radius 3 is 2.50 bits per heavy atom. The molecule has 22 heavy (non-hydrogen) atoms. The summed E-state index contributed by atoms with van der Waals surface area (Å²) in [4.78, 5) is 19.6. The normalized spacial score (nSPS) is 10.9. The summed E-state index contributed by atoms with van der Waals surface area (Å²) in [6, 6.07) is 5.04. The number of thiazole rings is 1. The molecule has 0 spiro atoms. The third-order valence-corrected chi connectivity index (χ3v) is 4.93. The van der Waals surface area contributed by atoms with Gasteiger partial charge >= 0.3 is 0 Å². The number of aromatic nitrogens is 2. The first-order valence-electron chi connectivity index (χ1n) is 6.14. The number of benzene rings is 1. The lowest BCUT2D eigenvalue weighted by Crippen LogP contribution is -2.05. The predicted molar refractivity (Wildman–Crippen MR) is 92.2 cm³/mol. The number of nitrogens with one attached hydrogen (secondary N) is 1. The number of rotatable bonds is 2. The number of nitrogens with zero attached hydrogens (tertiary/aromatic N) is 2. The monoisotopic (exact) mass is 371 g/mol. The number of amides is 1. The maximum atomic E-state index is 11.1. The largest absolute Gasteiger partial charge is 0.326 e. The molecule has 2 aromatic heterocycles. The molecule has 3 aromatic rings. The summed E-state index contributed by atoms with van der Waals surface area (Å²) >= 11 is 20.0. The molecule has 0 aliphatic carbocycles. The van der Waals surface area contributed by atoms with Gasteiger partial charge in [0.1, 0.15) is 10.2 Å². The zero-order valence-corrected chi connectivity index (χ0v) is 14.2. The Morgan fingerprint density at radius 2 is 1.91 bits per heavy atom. The number of hydrogen-bond acceptors (Lipinski definition) is 4.